The van der Waals surface area contributed by atoms with Crippen molar-refractivity contribution in [3.63, 3.8) is 0 Å². The molecule has 0 bridgehead atoms. The van der Waals surface area contributed by atoms with E-state index in [4.69, 9.17) is 4.74 Å². The molecule has 2 fully saturated rings. The SMILES string of the molecule is Cc1cccc(CN[C@H]2CC(=O)N(CCN3CCOCC3)C2)c1C. The molecule has 132 valence electrons. The molecule has 1 aromatic carbocycles. The lowest BCUT2D eigenvalue weighted by atomic mass is 10.0. The Morgan fingerprint density at radius 2 is 2.00 bits per heavy atom. The Bertz CT molecular complexity index is 570. The second-order valence-electron chi connectivity index (χ2n) is 6.93. The van der Waals surface area contributed by atoms with Crippen LogP contribution in [-0.2, 0) is 16.1 Å². The van der Waals surface area contributed by atoms with Crippen molar-refractivity contribution >= 4 is 5.91 Å². The molecule has 2 saturated heterocycles. The Morgan fingerprint density at radius 3 is 2.79 bits per heavy atom. The van der Waals surface area contributed by atoms with E-state index in [0.29, 0.717) is 6.42 Å². The Balaban J connectivity index is 1.45. The van der Waals surface area contributed by atoms with Gasteiger partial charge in [-0.2, -0.15) is 0 Å². The maximum absolute atomic E-state index is 12.2. The number of hydrogen-bond donors (Lipinski definition) is 1. The van der Waals surface area contributed by atoms with Crippen LogP contribution in [0.4, 0.5) is 0 Å². The molecule has 1 aromatic rings. The number of ether oxygens (including phenoxy) is 1. The number of benzene rings is 1. The van der Waals surface area contributed by atoms with Gasteiger partial charge in [0.2, 0.25) is 5.91 Å². The summed E-state index contributed by atoms with van der Waals surface area (Å²) in [5, 5.41) is 3.57. The number of aryl methyl sites for hydroxylation is 1. The average molecular weight is 331 g/mol. The molecule has 5 heteroatoms. The van der Waals surface area contributed by atoms with Crippen LogP contribution < -0.4 is 5.32 Å². The number of morpholine rings is 1. The van der Waals surface area contributed by atoms with Crippen molar-refractivity contribution in [1.29, 1.82) is 0 Å². The lowest BCUT2D eigenvalue weighted by Crippen LogP contribution is -2.42. The minimum absolute atomic E-state index is 0.266. The molecule has 0 aromatic heterocycles. The highest BCUT2D eigenvalue weighted by Crippen LogP contribution is 2.15. The number of carbonyl (C=O) groups is 1. The van der Waals surface area contributed by atoms with E-state index in [-0.39, 0.29) is 11.9 Å². The first-order valence-corrected chi connectivity index (χ1v) is 9.00. The van der Waals surface area contributed by atoms with E-state index >= 15 is 0 Å². The zero-order valence-corrected chi connectivity index (χ0v) is 14.9. The molecule has 1 amide bonds. The highest BCUT2D eigenvalue weighted by molar-refractivity contribution is 5.79. The van der Waals surface area contributed by atoms with Gasteiger partial charge in [-0.3, -0.25) is 9.69 Å². The summed E-state index contributed by atoms with van der Waals surface area (Å²) in [6.45, 7) is 11.4. The fraction of sp³-hybridized carbons (Fsp3) is 0.632. The number of nitrogens with one attached hydrogen (secondary N) is 1. The van der Waals surface area contributed by atoms with Gasteiger partial charge in [-0.05, 0) is 30.5 Å². The van der Waals surface area contributed by atoms with Gasteiger partial charge in [0.15, 0.2) is 0 Å². The van der Waals surface area contributed by atoms with E-state index in [1.165, 1.54) is 16.7 Å². The summed E-state index contributed by atoms with van der Waals surface area (Å²) in [5.41, 5.74) is 4.00. The van der Waals surface area contributed by atoms with Gasteiger partial charge in [0.1, 0.15) is 0 Å². The number of rotatable bonds is 6. The molecule has 0 unspecified atom stereocenters. The maximum atomic E-state index is 12.2. The fourth-order valence-corrected chi connectivity index (χ4v) is 3.47. The predicted molar refractivity (Wildman–Crippen MR) is 95.0 cm³/mol. The summed E-state index contributed by atoms with van der Waals surface area (Å²) in [4.78, 5) is 16.6. The van der Waals surface area contributed by atoms with E-state index in [1.807, 2.05) is 4.90 Å². The van der Waals surface area contributed by atoms with Crippen LogP contribution in [0.2, 0.25) is 0 Å². The van der Waals surface area contributed by atoms with Crippen molar-refractivity contribution in [1.82, 2.24) is 15.1 Å². The fourth-order valence-electron chi connectivity index (χ4n) is 3.47. The molecule has 5 nitrogen and oxygen atoms in total. The van der Waals surface area contributed by atoms with Crippen LogP contribution in [0, 0.1) is 13.8 Å². The zero-order chi connectivity index (χ0) is 16.9. The Hall–Kier alpha value is -1.43. The topological polar surface area (TPSA) is 44.8 Å². The third-order valence-electron chi connectivity index (χ3n) is 5.30. The van der Waals surface area contributed by atoms with Gasteiger partial charge in [-0.15, -0.1) is 0 Å². The van der Waals surface area contributed by atoms with Gasteiger partial charge in [0.05, 0.1) is 13.2 Å². The zero-order valence-electron chi connectivity index (χ0n) is 14.9. The lowest BCUT2D eigenvalue weighted by molar-refractivity contribution is -0.128. The third kappa shape index (κ3) is 4.35. The van der Waals surface area contributed by atoms with Crippen LogP contribution in [-0.4, -0.2) is 67.7 Å². The first kappa shape index (κ1) is 17.4. The summed E-state index contributed by atoms with van der Waals surface area (Å²) in [6, 6.07) is 6.68. The van der Waals surface area contributed by atoms with Crippen LogP contribution in [0.1, 0.15) is 23.1 Å². The van der Waals surface area contributed by atoms with Crippen LogP contribution >= 0.6 is 0 Å². The molecule has 2 heterocycles. The number of hydrogen-bond acceptors (Lipinski definition) is 4. The first-order chi connectivity index (χ1) is 11.6. The van der Waals surface area contributed by atoms with Gasteiger partial charge >= 0.3 is 0 Å². The van der Waals surface area contributed by atoms with Crippen molar-refractivity contribution in [2.24, 2.45) is 0 Å². The van der Waals surface area contributed by atoms with Gasteiger partial charge in [-0.1, -0.05) is 18.2 Å². The van der Waals surface area contributed by atoms with Crippen LogP contribution in [0.5, 0.6) is 0 Å². The highest BCUT2D eigenvalue weighted by atomic mass is 16.5. The predicted octanol–water partition coefficient (Wildman–Crippen LogP) is 1.33. The molecule has 1 N–H and O–H groups in total. The highest BCUT2D eigenvalue weighted by Gasteiger charge is 2.29. The van der Waals surface area contributed by atoms with Crippen LogP contribution in [0.25, 0.3) is 0 Å². The largest absolute Gasteiger partial charge is 0.379 e. The van der Waals surface area contributed by atoms with Crippen LogP contribution in [0.15, 0.2) is 18.2 Å². The molecule has 3 rings (SSSR count). The normalized spacial score (nSPS) is 22.3. The lowest BCUT2D eigenvalue weighted by Gasteiger charge is -2.28. The number of nitrogens with zero attached hydrogens (tertiary/aromatic N) is 2. The van der Waals surface area contributed by atoms with E-state index in [0.717, 1.165) is 52.5 Å². The van der Waals surface area contributed by atoms with E-state index in [2.05, 4.69) is 42.3 Å². The number of likely N-dealkylation sites (tertiary alicyclic amines) is 1. The van der Waals surface area contributed by atoms with Crippen molar-refractivity contribution in [2.45, 2.75) is 32.9 Å². The van der Waals surface area contributed by atoms with E-state index in [1.54, 1.807) is 0 Å². The second kappa shape index (κ2) is 8.10. The summed E-state index contributed by atoms with van der Waals surface area (Å²) in [7, 11) is 0. The monoisotopic (exact) mass is 331 g/mol. The van der Waals surface area contributed by atoms with Crippen molar-refractivity contribution in [2.75, 3.05) is 45.9 Å². The molecule has 2 aliphatic rings. The molecule has 24 heavy (non-hydrogen) atoms. The molecular weight excluding hydrogens is 302 g/mol. The summed E-state index contributed by atoms with van der Waals surface area (Å²) >= 11 is 0. The van der Waals surface area contributed by atoms with E-state index < -0.39 is 0 Å². The third-order valence-corrected chi connectivity index (χ3v) is 5.30. The minimum Gasteiger partial charge on any atom is -0.379 e. The van der Waals surface area contributed by atoms with Gasteiger partial charge < -0.3 is 15.0 Å². The van der Waals surface area contributed by atoms with Crippen molar-refractivity contribution in [3.8, 4) is 0 Å². The standard InChI is InChI=1S/C19H29N3O2/c1-15-4-3-5-17(16(15)2)13-20-18-12-19(23)22(14-18)7-6-21-8-10-24-11-9-21/h3-5,18,20H,6-14H2,1-2H3/t18-/m0/s1. The minimum atomic E-state index is 0.266. The Kier molecular flexibility index (Phi) is 5.87. The maximum Gasteiger partial charge on any atom is 0.224 e. The van der Waals surface area contributed by atoms with E-state index in [9.17, 15) is 4.79 Å². The number of amides is 1. The molecule has 1 atom stereocenters. The number of carbonyl (C=O) groups excluding carboxylic acids is 1. The Morgan fingerprint density at radius 1 is 1.21 bits per heavy atom. The van der Waals surface area contributed by atoms with Crippen molar-refractivity contribution in [3.05, 3.63) is 34.9 Å². The molecule has 0 spiro atoms. The van der Waals surface area contributed by atoms with Gasteiger partial charge in [-0.25, -0.2) is 0 Å². The molecule has 0 aliphatic carbocycles. The average Bonchev–Trinajstić information content (AvgIpc) is 2.95. The molecule has 0 radical (unpaired) electrons. The molecular formula is C19H29N3O2. The Labute approximate surface area is 145 Å². The summed E-state index contributed by atoms with van der Waals surface area (Å²) in [6.07, 6.45) is 0.619. The van der Waals surface area contributed by atoms with Gasteiger partial charge in [0, 0.05) is 51.7 Å². The second-order valence-corrected chi connectivity index (χ2v) is 6.93. The summed E-state index contributed by atoms with van der Waals surface area (Å²) in [5.74, 6) is 0.279. The van der Waals surface area contributed by atoms with Crippen molar-refractivity contribution < 1.29 is 9.53 Å². The molecule has 0 saturated carbocycles. The smallest absolute Gasteiger partial charge is 0.224 e. The van der Waals surface area contributed by atoms with Crippen LogP contribution in [0.3, 0.4) is 0 Å². The quantitative estimate of drug-likeness (QED) is 0.854. The van der Waals surface area contributed by atoms with Gasteiger partial charge in [0.25, 0.3) is 0 Å². The molecule has 2 aliphatic heterocycles. The summed E-state index contributed by atoms with van der Waals surface area (Å²) < 4.78 is 5.37. The first-order valence-electron chi connectivity index (χ1n) is 9.00.